The molecule has 0 aliphatic carbocycles. The minimum atomic E-state index is -0.526. The second-order valence-corrected chi connectivity index (χ2v) is 6.29. The molecular formula is C14H18BrClN2O2. The summed E-state index contributed by atoms with van der Waals surface area (Å²) in [7, 11) is 0. The summed E-state index contributed by atoms with van der Waals surface area (Å²) in [5, 5.41) is 0.619. The van der Waals surface area contributed by atoms with Crippen LogP contribution in [0.25, 0.3) is 0 Å². The number of rotatable bonds is 3. The number of hydrogen-bond acceptors (Lipinski definition) is 3. The summed E-state index contributed by atoms with van der Waals surface area (Å²) in [5.41, 5.74) is 5.84. The Labute approximate surface area is 132 Å². The quantitative estimate of drug-likeness (QED) is 0.900. The summed E-state index contributed by atoms with van der Waals surface area (Å²) in [4.78, 5) is 14.1. The van der Waals surface area contributed by atoms with E-state index in [-0.39, 0.29) is 11.9 Å². The van der Waals surface area contributed by atoms with Crippen LogP contribution in [0.2, 0.25) is 5.02 Å². The van der Waals surface area contributed by atoms with Crippen molar-refractivity contribution in [3.05, 3.63) is 27.7 Å². The van der Waals surface area contributed by atoms with Crippen LogP contribution in [-0.2, 0) is 4.79 Å². The third kappa shape index (κ3) is 3.87. The van der Waals surface area contributed by atoms with Crippen molar-refractivity contribution in [1.82, 2.24) is 4.90 Å². The molecule has 1 fully saturated rings. The van der Waals surface area contributed by atoms with Gasteiger partial charge in [-0.3, -0.25) is 4.79 Å². The molecule has 1 aromatic carbocycles. The molecule has 0 radical (unpaired) electrons. The lowest BCUT2D eigenvalue weighted by Gasteiger charge is -2.32. The largest absolute Gasteiger partial charge is 0.480 e. The zero-order valence-corrected chi connectivity index (χ0v) is 13.7. The molecule has 1 aliphatic heterocycles. The number of carbonyl (C=O) groups excluding carboxylic acids is 1. The van der Waals surface area contributed by atoms with Crippen molar-refractivity contribution in [1.29, 1.82) is 0 Å². The summed E-state index contributed by atoms with van der Waals surface area (Å²) in [6, 6.07) is 5.44. The van der Waals surface area contributed by atoms with E-state index in [0.717, 1.165) is 17.3 Å². The van der Waals surface area contributed by atoms with E-state index in [1.54, 1.807) is 25.1 Å². The van der Waals surface area contributed by atoms with Gasteiger partial charge >= 0.3 is 0 Å². The van der Waals surface area contributed by atoms with E-state index in [0.29, 0.717) is 23.9 Å². The van der Waals surface area contributed by atoms with Gasteiger partial charge in [0.05, 0.1) is 4.47 Å². The summed E-state index contributed by atoms with van der Waals surface area (Å²) >= 11 is 9.26. The van der Waals surface area contributed by atoms with Crippen molar-refractivity contribution in [2.75, 3.05) is 13.1 Å². The highest BCUT2D eigenvalue weighted by molar-refractivity contribution is 9.10. The topological polar surface area (TPSA) is 55.6 Å². The Bertz CT molecular complexity index is 490. The standard InChI is InChI=1S/C14H18BrClN2O2/c1-9(14(19)18-6-4-11(17)5-7-18)20-13-3-2-10(16)8-12(13)15/h2-3,8-9,11H,4-7,17H2,1H3. The number of carbonyl (C=O) groups is 1. The molecule has 4 nitrogen and oxygen atoms in total. The predicted octanol–water partition coefficient (Wildman–Crippen LogP) is 2.82. The molecule has 2 rings (SSSR count). The Kier molecular flexibility index (Phi) is 5.29. The van der Waals surface area contributed by atoms with Gasteiger partial charge in [0, 0.05) is 24.2 Å². The smallest absolute Gasteiger partial charge is 0.263 e. The molecule has 1 saturated heterocycles. The van der Waals surface area contributed by atoms with Gasteiger partial charge in [0.15, 0.2) is 6.10 Å². The van der Waals surface area contributed by atoms with Crippen LogP contribution in [-0.4, -0.2) is 36.0 Å². The molecule has 1 unspecified atom stereocenters. The first-order valence-corrected chi connectivity index (χ1v) is 7.80. The number of halogens is 2. The van der Waals surface area contributed by atoms with Crippen molar-refractivity contribution in [2.24, 2.45) is 5.73 Å². The number of nitrogens with zero attached hydrogens (tertiary/aromatic N) is 1. The Morgan fingerprint density at radius 2 is 2.15 bits per heavy atom. The molecule has 0 bridgehead atoms. The number of likely N-dealkylation sites (tertiary alicyclic amines) is 1. The lowest BCUT2D eigenvalue weighted by molar-refractivity contribution is -0.139. The summed E-state index contributed by atoms with van der Waals surface area (Å²) < 4.78 is 6.46. The van der Waals surface area contributed by atoms with E-state index in [1.807, 2.05) is 4.90 Å². The first-order valence-electron chi connectivity index (χ1n) is 6.63. The van der Waals surface area contributed by atoms with E-state index in [2.05, 4.69) is 15.9 Å². The molecule has 0 aromatic heterocycles. The molecule has 1 aromatic rings. The lowest BCUT2D eigenvalue weighted by Crippen LogP contribution is -2.47. The first kappa shape index (κ1) is 15.6. The van der Waals surface area contributed by atoms with Crippen LogP contribution in [0.4, 0.5) is 0 Å². The Balaban J connectivity index is 1.97. The zero-order chi connectivity index (χ0) is 14.7. The third-order valence-electron chi connectivity index (χ3n) is 3.40. The van der Waals surface area contributed by atoms with Gasteiger partial charge in [-0.2, -0.15) is 0 Å². The molecular weight excluding hydrogens is 344 g/mol. The van der Waals surface area contributed by atoms with Crippen LogP contribution in [0.15, 0.2) is 22.7 Å². The number of benzene rings is 1. The van der Waals surface area contributed by atoms with Crippen LogP contribution < -0.4 is 10.5 Å². The maximum absolute atomic E-state index is 12.3. The van der Waals surface area contributed by atoms with Gasteiger partial charge in [-0.05, 0) is 53.9 Å². The fourth-order valence-electron chi connectivity index (χ4n) is 2.19. The van der Waals surface area contributed by atoms with Crippen LogP contribution in [0.5, 0.6) is 5.75 Å². The summed E-state index contributed by atoms with van der Waals surface area (Å²) in [5.74, 6) is 0.614. The molecule has 1 heterocycles. The van der Waals surface area contributed by atoms with Crippen LogP contribution in [0.3, 0.4) is 0 Å². The van der Waals surface area contributed by atoms with E-state index in [4.69, 9.17) is 22.1 Å². The second-order valence-electron chi connectivity index (χ2n) is 5.00. The van der Waals surface area contributed by atoms with Crippen molar-refractivity contribution in [2.45, 2.75) is 31.9 Å². The van der Waals surface area contributed by atoms with Gasteiger partial charge in [-0.1, -0.05) is 11.6 Å². The van der Waals surface area contributed by atoms with Gasteiger partial charge in [0.2, 0.25) is 0 Å². The molecule has 1 atom stereocenters. The molecule has 0 saturated carbocycles. The SMILES string of the molecule is CC(Oc1ccc(Cl)cc1Br)C(=O)N1CCC(N)CC1. The highest BCUT2D eigenvalue weighted by Gasteiger charge is 2.26. The summed E-state index contributed by atoms with van der Waals surface area (Å²) in [6.07, 6.45) is 1.17. The Morgan fingerprint density at radius 1 is 1.50 bits per heavy atom. The van der Waals surface area contributed by atoms with Crippen LogP contribution in [0, 0.1) is 0 Å². The highest BCUT2D eigenvalue weighted by Crippen LogP contribution is 2.29. The first-order chi connectivity index (χ1) is 9.47. The van der Waals surface area contributed by atoms with Crippen molar-refractivity contribution in [3.63, 3.8) is 0 Å². The van der Waals surface area contributed by atoms with Crippen LogP contribution in [0.1, 0.15) is 19.8 Å². The monoisotopic (exact) mass is 360 g/mol. The maximum atomic E-state index is 12.3. The van der Waals surface area contributed by atoms with Crippen molar-refractivity contribution >= 4 is 33.4 Å². The molecule has 6 heteroatoms. The fourth-order valence-corrected chi connectivity index (χ4v) is 2.96. The molecule has 1 amide bonds. The molecule has 0 spiro atoms. The van der Waals surface area contributed by atoms with Gasteiger partial charge in [0.1, 0.15) is 5.75 Å². The average molecular weight is 362 g/mol. The minimum Gasteiger partial charge on any atom is -0.480 e. The Hall–Kier alpha value is -0.780. The van der Waals surface area contributed by atoms with E-state index < -0.39 is 6.10 Å². The number of nitrogens with two attached hydrogens (primary N) is 1. The Morgan fingerprint density at radius 3 is 2.75 bits per heavy atom. The predicted molar refractivity (Wildman–Crippen MR) is 83.0 cm³/mol. The number of piperidine rings is 1. The van der Waals surface area contributed by atoms with Crippen molar-refractivity contribution < 1.29 is 9.53 Å². The lowest BCUT2D eigenvalue weighted by atomic mass is 10.1. The van der Waals surface area contributed by atoms with E-state index in [1.165, 1.54) is 0 Å². The van der Waals surface area contributed by atoms with E-state index >= 15 is 0 Å². The summed E-state index contributed by atoms with van der Waals surface area (Å²) in [6.45, 7) is 3.17. The van der Waals surface area contributed by atoms with Gasteiger partial charge < -0.3 is 15.4 Å². The third-order valence-corrected chi connectivity index (χ3v) is 4.25. The van der Waals surface area contributed by atoms with Gasteiger partial charge in [-0.25, -0.2) is 0 Å². The normalized spacial score (nSPS) is 17.9. The number of amides is 1. The number of hydrogen-bond donors (Lipinski definition) is 1. The highest BCUT2D eigenvalue weighted by atomic mass is 79.9. The van der Waals surface area contributed by atoms with Crippen molar-refractivity contribution in [3.8, 4) is 5.75 Å². The van der Waals surface area contributed by atoms with Gasteiger partial charge in [-0.15, -0.1) is 0 Å². The molecule has 2 N–H and O–H groups in total. The van der Waals surface area contributed by atoms with E-state index in [9.17, 15) is 4.79 Å². The average Bonchev–Trinajstić information content (AvgIpc) is 2.42. The van der Waals surface area contributed by atoms with Crippen LogP contribution >= 0.6 is 27.5 Å². The number of ether oxygens (including phenoxy) is 1. The molecule has 1 aliphatic rings. The molecule has 110 valence electrons. The maximum Gasteiger partial charge on any atom is 0.263 e. The second kappa shape index (κ2) is 6.78. The zero-order valence-electron chi connectivity index (χ0n) is 11.3. The fraction of sp³-hybridized carbons (Fsp3) is 0.500. The van der Waals surface area contributed by atoms with Gasteiger partial charge in [0.25, 0.3) is 5.91 Å². The minimum absolute atomic E-state index is 0.00116. The molecule has 20 heavy (non-hydrogen) atoms.